The van der Waals surface area contributed by atoms with Gasteiger partial charge in [0.25, 0.3) is 0 Å². The number of benzene rings is 1. The van der Waals surface area contributed by atoms with Crippen LogP contribution in [0.3, 0.4) is 0 Å². The number of amides is 1. The van der Waals surface area contributed by atoms with Crippen molar-refractivity contribution in [1.82, 2.24) is 0 Å². The van der Waals surface area contributed by atoms with Crippen LogP contribution in [0.15, 0.2) is 12.1 Å². The molecule has 0 aliphatic heterocycles. The van der Waals surface area contributed by atoms with E-state index in [2.05, 4.69) is 5.32 Å². The number of halogens is 3. The molecule has 0 aliphatic carbocycles. The molecular formula is C11H13F3N2O3S. The summed E-state index contributed by atoms with van der Waals surface area (Å²) in [5.41, 5.74) is -4.49. The molecule has 9 heteroatoms. The Morgan fingerprint density at radius 1 is 1.10 bits per heavy atom. The number of carbonyl (C=O) groups excluding carboxylic acids is 1. The summed E-state index contributed by atoms with van der Waals surface area (Å²) in [5, 5.41) is 2.41. The van der Waals surface area contributed by atoms with Gasteiger partial charge in [0.1, 0.15) is 0 Å². The minimum atomic E-state index is -5.49. The smallest absolute Gasteiger partial charge is 0.326 e. The predicted octanol–water partition coefficient (Wildman–Crippen LogP) is 2.52. The van der Waals surface area contributed by atoms with Gasteiger partial charge in [0.05, 0.1) is 5.69 Å². The SMILES string of the molecule is CC(=O)Nc1cc(NS(=O)(=O)C(F)(F)F)c(C)cc1C. The van der Waals surface area contributed by atoms with Crippen molar-refractivity contribution in [3.8, 4) is 0 Å². The molecule has 2 N–H and O–H groups in total. The highest BCUT2D eigenvalue weighted by Crippen LogP contribution is 2.30. The van der Waals surface area contributed by atoms with Gasteiger partial charge in [-0.05, 0) is 31.0 Å². The first-order chi connectivity index (χ1) is 8.94. The van der Waals surface area contributed by atoms with Gasteiger partial charge in [-0.25, -0.2) is 0 Å². The average Bonchev–Trinajstić information content (AvgIpc) is 2.22. The molecule has 0 saturated heterocycles. The number of aryl methyl sites for hydroxylation is 2. The summed E-state index contributed by atoms with van der Waals surface area (Å²) < 4.78 is 60.6. The van der Waals surface area contributed by atoms with Gasteiger partial charge >= 0.3 is 15.5 Å². The van der Waals surface area contributed by atoms with Gasteiger partial charge in [-0.1, -0.05) is 6.07 Å². The zero-order valence-electron chi connectivity index (χ0n) is 10.9. The van der Waals surface area contributed by atoms with E-state index < -0.39 is 21.4 Å². The van der Waals surface area contributed by atoms with E-state index in [1.54, 1.807) is 6.92 Å². The molecule has 1 rings (SSSR count). The summed E-state index contributed by atoms with van der Waals surface area (Å²) >= 11 is 0. The molecule has 1 amide bonds. The molecule has 1 aromatic carbocycles. The van der Waals surface area contributed by atoms with Crippen LogP contribution in [0.4, 0.5) is 24.5 Å². The Bertz CT molecular complexity index is 639. The Morgan fingerprint density at radius 3 is 2.05 bits per heavy atom. The first-order valence-corrected chi connectivity index (χ1v) is 6.90. The molecule has 0 fully saturated rings. The number of hydrogen-bond acceptors (Lipinski definition) is 3. The second-order valence-corrected chi connectivity index (χ2v) is 5.89. The highest BCUT2D eigenvalue weighted by Gasteiger charge is 2.46. The van der Waals surface area contributed by atoms with Crippen molar-refractivity contribution >= 4 is 27.3 Å². The second-order valence-electron chi connectivity index (χ2n) is 4.21. The van der Waals surface area contributed by atoms with E-state index in [0.29, 0.717) is 11.1 Å². The van der Waals surface area contributed by atoms with E-state index in [9.17, 15) is 26.4 Å². The Hall–Kier alpha value is -1.77. The van der Waals surface area contributed by atoms with Gasteiger partial charge in [-0.3, -0.25) is 9.52 Å². The van der Waals surface area contributed by atoms with Crippen LogP contribution in [0.5, 0.6) is 0 Å². The van der Waals surface area contributed by atoms with Crippen LogP contribution in [0.25, 0.3) is 0 Å². The highest BCUT2D eigenvalue weighted by atomic mass is 32.2. The largest absolute Gasteiger partial charge is 0.516 e. The number of hydrogen-bond donors (Lipinski definition) is 2. The summed E-state index contributed by atoms with van der Waals surface area (Å²) in [6, 6.07) is 2.62. The highest BCUT2D eigenvalue weighted by molar-refractivity contribution is 7.93. The standard InChI is InChI=1S/C11H13F3N2O3S/c1-6-4-7(2)10(5-9(6)15-8(3)17)16-20(18,19)11(12,13)14/h4-5,16H,1-3H3,(H,15,17). The number of rotatable bonds is 3. The number of alkyl halides is 3. The molecular weight excluding hydrogens is 297 g/mol. The number of carbonyl (C=O) groups is 1. The normalized spacial score (nSPS) is 12.1. The van der Waals surface area contributed by atoms with Crippen LogP contribution in [0.1, 0.15) is 18.1 Å². The summed E-state index contributed by atoms with van der Waals surface area (Å²) in [7, 11) is -5.49. The third-order valence-electron chi connectivity index (χ3n) is 2.43. The van der Waals surface area contributed by atoms with Crippen LogP contribution in [0.2, 0.25) is 0 Å². The van der Waals surface area contributed by atoms with E-state index >= 15 is 0 Å². The van der Waals surface area contributed by atoms with Crippen molar-refractivity contribution in [2.45, 2.75) is 26.3 Å². The van der Waals surface area contributed by atoms with Gasteiger partial charge in [0.2, 0.25) is 5.91 Å². The topological polar surface area (TPSA) is 75.3 Å². The number of anilines is 2. The quantitative estimate of drug-likeness (QED) is 0.901. The Morgan fingerprint density at radius 2 is 1.60 bits per heavy atom. The first-order valence-electron chi connectivity index (χ1n) is 5.42. The van der Waals surface area contributed by atoms with Gasteiger partial charge in [-0.15, -0.1) is 0 Å². The minimum absolute atomic E-state index is 0.239. The van der Waals surface area contributed by atoms with Crippen LogP contribution in [-0.4, -0.2) is 19.8 Å². The van der Waals surface area contributed by atoms with E-state index in [1.165, 1.54) is 24.6 Å². The molecule has 0 bridgehead atoms. The van der Waals surface area contributed by atoms with Crippen LogP contribution in [-0.2, 0) is 14.8 Å². The lowest BCUT2D eigenvalue weighted by atomic mass is 10.1. The van der Waals surface area contributed by atoms with Crippen molar-refractivity contribution in [1.29, 1.82) is 0 Å². The summed E-state index contributed by atoms with van der Waals surface area (Å²) in [6.45, 7) is 4.33. The molecule has 0 saturated carbocycles. The van der Waals surface area contributed by atoms with Crippen LogP contribution >= 0.6 is 0 Å². The molecule has 0 aromatic heterocycles. The van der Waals surface area contributed by atoms with Crippen molar-refractivity contribution in [3.63, 3.8) is 0 Å². The Balaban J connectivity index is 3.23. The summed E-state index contributed by atoms with van der Waals surface area (Å²) in [6.07, 6.45) is 0. The first kappa shape index (κ1) is 16.3. The maximum atomic E-state index is 12.3. The fourth-order valence-corrected chi connectivity index (χ4v) is 2.11. The molecule has 0 unspecified atom stereocenters. The van der Waals surface area contributed by atoms with E-state index in [1.807, 2.05) is 0 Å². The van der Waals surface area contributed by atoms with Crippen LogP contribution < -0.4 is 10.0 Å². The molecule has 5 nitrogen and oxygen atoms in total. The third kappa shape index (κ3) is 3.62. The number of nitrogens with one attached hydrogen (secondary N) is 2. The van der Waals surface area contributed by atoms with Crippen molar-refractivity contribution in [2.24, 2.45) is 0 Å². The zero-order chi connectivity index (χ0) is 15.7. The molecule has 20 heavy (non-hydrogen) atoms. The van der Waals surface area contributed by atoms with Gasteiger partial charge in [0, 0.05) is 12.6 Å². The second kappa shape index (κ2) is 5.31. The van der Waals surface area contributed by atoms with E-state index in [0.717, 1.165) is 6.07 Å². The number of sulfonamides is 1. The minimum Gasteiger partial charge on any atom is -0.326 e. The molecule has 0 atom stereocenters. The predicted molar refractivity (Wildman–Crippen MR) is 68.8 cm³/mol. The zero-order valence-corrected chi connectivity index (χ0v) is 11.7. The van der Waals surface area contributed by atoms with E-state index in [4.69, 9.17) is 0 Å². The summed E-state index contributed by atoms with van der Waals surface area (Å²) in [4.78, 5) is 11.0. The maximum Gasteiger partial charge on any atom is 0.516 e. The van der Waals surface area contributed by atoms with Gasteiger partial charge in [-0.2, -0.15) is 21.6 Å². The Labute approximate surface area is 114 Å². The lowest BCUT2D eigenvalue weighted by Gasteiger charge is -2.15. The Kier molecular flexibility index (Phi) is 4.33. The third-order valence-corrected chi connectivity index (χ3v) is 3.53. The molecule has 112 valence electrons. The molecule has 0 heterocycles. The molecule has 0 spiro atoms. The molecule has 0 radical (unpaired) electrons. The monoisotopic (exact) mass is 310 g/mol. The molecule has 1 aromatic rings. The summed E-state index contributed by atoms with van der Waals surface area (Å²) in [5.74, 6) is -0.415. The lowest BCUT2D eigenvalue weighted by Crippen LogP contribution is -2.30. The van der Waals surface area contributed by atoms with Gasteiger partial charge < -0.3 is 5.32 Å². The van der Waals surface area contributed by atoms with Crippen molar-refractivity contribution in [2.75, 3.05) is 10.0 Å². The van der Waals surface area contributed by atoms with Gasteiger partial charge in [0.15, 0.2) is 0 Å². The fraction of sp³-hybridized carbons (Fsp3) is 0.364. The van der Waals surface area contributed by atoms with Crippen molar-refractivity contribution < 1.29 is 26.4 Å². The fourth-order valence-electron chi connectivity index (χ4n) is 1.49. The lowest BCUT2D eigenvalue weighted by molar-refractivity contribution is -0.114. The van der Waals surface area contributed by atoms with E-state index in [-0.39, 0.29) is 11.4 Å². The van der Waals surface area contributed by atoms with Crippen LogP contribution in [0, 0.1) is 13.8 Å². The van der Waals surface area contributed by atoms with Crippen molar-refractivity contribution in [3.05, 3.63) is 23.3 Å². The molecule has 0 aliphatic rings. The average molecular weight is 310 g/mol. The maximum absolute atomic E-state index is 12.3.